The quantitative estimate of drug-likeness (QED) is 0.919. The first kappa shape index (κ1) is 15.3. The molecule has 0 bridgehead atoms. The third kappa shape index (κ3) is 2.82. The van der Waals surface area contributed by atoms with Crippen molar-refractivity contribution in [2.24, 2.45) is 7.05 Å². The highest BCUT2D eigenvalue weighted by Gasteiger charge is 2.34. The summed E-state index contributed by atoms with van der Waals surface area (Å²) in [6, 6.07) is -0.0289. The van der Waals surface area contributed by atoms with Crippen molar-refractivity contribution in [2.75, 3.05) is 19.8 Å². The van der Waals surface area contributed by atoms with Gasteiger partial charge >= 0.3 is 0 Å². The van der Waals surface area contributed by atoms with Gasteiger partial charge in [-0.3, -0.25) is 14.6 Å². The molecule has 1 atom stereocenters. The van der Waals surface area contributed by atoms with Crippen LogP contribution in [0.2, 0.25) is 0 Å². The Bertz CT molecular complexity index is 718. The number of aryl methyl sites for hydroxylation is 1. The van der Waals surface area contributed by atoms with Crippen LogP contribution in [0.3, 0.4) is 0 Å². The lowest BCUT2D eigenvalue weighted by Crippen LogP contribution is -2.31. The van der Waals surface area contributed by atoms with E-state index in [1.54, 1.807) is 17.1 Å². The molecule has 0 unspecified atom stereocenters. The summed E-state index contributed by atoms with van der Waals surface area (Å²) in [6.07, 6.45) is 7.18. The van der Waals surface area contributed by atoms with Gasteiger partial charge in [0.2, 0.25) is 0 Å². The number of H-pyrrole nitrogens is 1. The van der Waals surface area contributed by atoms with Crippen LogP contribution in [0.15, 0.2) is 12.4 Å². The summed E-state index contributed by atoms with van der Waals surface area (Å²) >= 11 is 0. The molecule has 0 radical (unpaired) electrons. The summed E-state index contributed by atoms with van der Waals surface area (Å²) in [5.41, 5.74) is 0.619. The molecule has 24 heavy (non-hydrogen) atoms. The number of aromatic nitrogens is 5. The van der Waals surface area contributed by atoms with Crippen LogP contribution in [0.4, 0.5) is 0 Å². The third-order valence-electron chi connectivity index (χ3n) is 4.89. The lowest BCUT2D eigenvalue weighted by molar-refractivity contribution is 0.0730. The topological polar surface area (TPSA) is 88.9 Å². The molecular formula is C16H22N6O2. The summed E-state index contributed by atoms with van der Waals surface area (Å²) in [5, 5.41) is 11.6. The number of hydrogen-bond acceptors (Lipinski definition) is 5. The van der Waals surface area contributed by atoms with Crippen molar-refractivity contribution in [3.63, 3.8) is 0 Å². The first-order chi connectivity index (χ1) is 11.7. The second-order valence-corrected chi connectivity index (χ2v) is 6.52. The molecule has 0 saturated carbocycles. The first-order valence-corrected chi connectivity index (χ1v) is 8.52. The van der Waals surface area contributed by atoms with Crippen molar-refractivity contribution >= 4 is 5.91 Å². The monoisotopic (exact) mass is 330 g/mol. The summed E-state index contributed by atoms with van der Waals surface area (Å²) < 4.78 is 7.05. The number of hydrogen-bond donors (Lipinski definition) is 1. The van der Waals surface area contributed by atoms with Crippen molar-refractivity contribution < 1.29 is 9.53 Å². The molecule has 8 nitrogen and oxygen atoms in total. The zero-order chi connectivity index (χ0) is 16.5. The highest BCUT2D eigenvalue weighted by atomic mass is 16.5. The van der Waals surface area contributed by atoms with Crippen LogP contribution in [0.5, 0.6) is 0 Å². The van der Waals surface area contributed by atoms with E-state index in [-0.39, 0.29) is 11.9 Å². The normalized spacial score (nSPS) is 22.2. The predicted octanol–water partition coefficient (Wildman–Crippen LogP) is 1.41. The van der Waals surface area contributed by atoms with Crippen molar-refractivity contribution in [1.29, 1.82) is 0 Å². The Morgan fingerprint density at radius 2 is 2.17 bits per heavy atom. The van der Waals surface area contributed by atoms with Crippen molar-refractivity contribution in [2.45, 2.75) is 37.6 Å². The van der Waals surface area contributed by atoms with Gasteiger partial charge in [-0.15, -0.1) is 0 Å². The molecule has 128 valence electrons. The second-order valence-electron chi connectivity index (χ2n) is 6.52. The third-order valence-corrected chi connectivity index (χ3v) is 4.89. The summed E-state index contributed by atoms with van der Waals surface area (Å²) in [7, 11) is 1.81. The maximum Gasteiger partial charge on any atom is 0.257 e. The average Bonchev–Trinajstić information content (AvgIpc) is 3.34. The molecule has 4 heterocycles. The molecule has 4 rings (SSSR count). The fraction of sp³-hybridized carbons (Fsp3) is 0.625. The zero-order valence-corrected chi connectivity index (χ0v) is 13.8. The number of amides is 1. The van der Waals surface area contributed by atoms with Crippen LogP contribution in [0, 0.1) is 0 Å². The Morgan fingerprint density at radius 1 is 1.33 bits per heavy atom. The Morgan fingerprint density at radius 3 is 2.92 bits per heavy atom. The minimum Gasteiger partial charge on any atom is -0.381 e. The van der Waals surface area contributed by atoms with Crippen LogP contribution in [0.1, 0.15) is 59.6 Å². The molecule has 2 aromatic heterocycles. The minimum atomic E-state index is -0.0289. The van der Waals surface area contributed by atoms with E-state index in [1.807, 2.05) is 11.9 Å². The molecule has 1 N–H and O–H groups in total. The number of ether oxygens (including phenoxy) is 1. The van der Waals surface area contributed by atoms with Gasteiger partial charge in [0.05, 0.1) is 17.8 Å². The molecule has 2 aliphatic rings. The number of likely N-dealkylation sites (tertiary alicyclic amines) is 1. The largest absolute Gasteiger partial charge is 0.381 e. The Labute approximate surface area is 140 Å². The average molecular weight is 330 g/mol. The highest BCUT2D eigenvalue weighted by molar-refractivity contribution is 5.94. The second kappa shape index (κ2) is 6.35. The van der Waals surface area contributed by atoms with E-state index in [0.29, 0.717) is 11.5 Å². The summed E-state index contributed by atoms with van der Waals surface area (Å²) in [5.74, 6) is 2.02. The summed E-state index contributed by atoms with van der Waals surface area (Å²) in [6.45, 7) is 2.28. The Kier molecular flexibility index (Phi) is 4.05. The molecule has 0 aliphatic carbocycles. The van der Waals surface area contributed by atoms with E-state index in [9.17, 15) is 4.79 Å². The molecule has 2 aliphatic heterocycles. The zero-order valence-electron chi connectivity index (χ0n) is 13.8. The van der Waals surface area contributed by atoms with E-state index in [2.05, 4.69) is 15.3 Å². The number of nitrogens with zero attached hydrogens (tertiary/aromatic N) is 5. The number of carbonyl (C=O) groups is 1. The number of nitrogens with one attached hydrogen (secondary N) is 1. The maximum absolute atomic E-state index is 12.7. The highest BCUT2D eigenvalue weighted by Crippen LogP contribution is 2.32. The smallest absolute Gasteiger partial charge is 0.257 e. The van der Waals surface area contributed by atoms with E-state index < -0.39 is 0 Å². The van der Waals surface area contributed by atoms with Gasteiger partial charge in [0.15, 0.2) is 5.82 Å². The van der Waals surface area contributed by atoms with Crippen LogP contribution in [-0.2, 0) is 11.8 Å². The standard InChI is InChI=1S/C16H22N6O2/c1-21-10-12(9-17-21)16(23)22-6-2-3-13(22)15-18-14(19-20-15)11-4-7-24-8-5-11/h9-11,13H,2-8H2,1H3,(H,18,19,20)/t13-/m0/s1. The molecule has 1 amide bonds. The van der Waals surface area contributed by atoms with Gasteiger partial charge in [-0.2, -0.15) is 10.2 Å². The van der Waals surface area contributed by atoms with Gasteiger partial charge in [0.25, 0.3) is 5.91 Å². The van der Waals surface area contributed by atoms with Gasteiger partial charge in [-0.1, -0.05) is 0 Å². The van der Waals surface area contributed by atoms with Crippen LogP contribution in [0.25, 0.3) is 0 Å². The minimum absolute atomic E-state index is 0.00890. The summed E-state index contributed by atoms with van der Waals surface area (Å²) in [4.78, 5) is 19.3. The lowest BCUT2D eigenvalue weighted by atomic mass is 10.00. The Hall–Kier alpha value is -2.22. The number of carbonyl (C=O) groups excluding carboxylic acids is 1. The molecule has 2 saturated heterocycles. The van der Waals surface area contributed by atoms with E-state index in [0.717, 1.165) is 57.1 Å². The van der Waals surface area contributed by atoms with Crippen LogP contribution >= 0.6 is 0 Å². The van der Waals surface area contributed by atoms with E-state index in [1.165, 1.54) is 0 Å². The van der Waals surface area contributed by atoms with Crippen molar-refractivity contribution in [1.82, 2.24) is 29.9 Å². The fourth-order valence-electron chi connectivity index (χ4n) is 3.57. The van der Waals surface area contributed by atoms with E-state index in [4.69, 9.17) is 9.72 Å². The molecule has 2 fully saturated rings. The van der Waals surface area contributed by atoms with Gasteiger partial charge in [-0.25, -0.2) is 4.98 Å². The molecule has 0 spiro atoms. The molecular weight excluding hydrogens is 308 g/mol. The van der Waals surface area contributed by atoms with Gasteiger partial charge in [-0.05, 0) is 25.7 Å². The van der Waals surface area contributed by atoms with Crippen LogP contribution < -0.4 is 0 Å². The van der Waals surface area contributed by atoms with E-state index >= 15 is 0 Å². The SMILES string of the molecule is Cn1cc(C(=O)N2CCC[C@H]2c2nc(C3CCOCC3)n[nH]2)cn1. The van der Waals surface area contributed by atoms with Gasteiger partial charge < -0.3 is 9.64 Å². The van der Waals surface area contributed by atoms with Crippen molar-refractivity contribution in [3.05, 3.63) is 29.6 Å². The van der Waals surface area contributed by atoms with Gasteiger partial charge in [0.1, 0.15) is 5.82 Å². The number of aromatic amines is 1. The Balaban J connectivity index is 1.52. The van der Waals surface area contributed by atoms with Gasteiger partial charge in [0, 0.05) is 38.9 Å². The maximum atomic E-state index is 12.7. The molecule has 2 aromatic rings. The first-order valence-electron chi connectivity index (χ1n) is 8.52. The predicted molar refractivity (Wildman–Crippen MR) is 85.4 cm³/mol. The number of rotatable bonds is 3. The fourth-order valence-corrected chi connectivity index (χ4v) is 3.57. The molecule has 8 heteroatoms. The lowest BCUT2D eigenvalue weighted by Gasteiger charge is -2.22. The molecule has 0 aromatic carbocycles. The van der Waals surface area contributed by atoms with Crippen molar-refractivity contribution in [3.8, 4) is 0 Å². The van der Waals surface area contributed by atoms with Crippen LogP contribution in [-0.4, -0.2) is 55.5 Å².